The first-order valence-electron chi connectivity index (χ1n) is 20.5. The van der Waals surface area contributed by atoms with Crippen LogP contribution in [0.25, 0.3) is 32.9 Å². The summed E-state index contributed by atoms with van der Waals surface area (Å²) in [6, 6.07) is 20.1. The molecule has 2 aromatic carbocycles. The minimum absolute atomic E-state index is 0.0326. The molecule has 1 N–H and O–H groups in total. The van der Waals surface area contributed by atoms with Crippen molar-refractivity contribution in [2.24, 2.45) is 7.05 Å². The molecular formula is C47H41N7O7. The number of aryl methyl sites for hydroxylation is 1. The van der Waals surface area contributed by atoms with Crippen molar-refractivity contribution in [3.8, 4) is 34.6 Å². The first-order chi connectivity index (χ1) is 29.8. The monoisotopic (exact) mass is 815 g/mol. The molecule has 10 rings (SSSR count). The minimum Gasteiger partial charge on any atom is -0.481 e. The largest absolute Gasteiger partial charge is 0.481 e. The predicted octanol–water partition coefficient (Wildman–Crippen LogP) is 5.61. The van der Waals surface area contributed by atoms with Gasteiger partial charge in [0.15, 0.2) is 0 Å². The molecule has 7 heterocycles. The molecule has 2 saturated heterocycles. The maximum Gasteiger partial charge on any atom is 0.262 e. The van der Waals surface area contributed by atoms with Crippen molar-refractivity contribution in [1.82, 2.24) is 29.7 Å². The molecule has 0 bridgehead atoms. The number of ether oxygens (including phenoxy) is 3. The van der Waals surface area contributed by atoms with E-state index in [0.717, 1.165) is 76.9 Å². The Morgan fingerprint density at radius 3 is 2.43 bits per heavy atom. The van der Waals surface area contributed by atoms with Gasteiger partial charge in [-0.15, -0.1) is 0 Å². The van der Waals surface area contributed by atoms with Crippen molar-refractivity contribution >= 4 is 51.1 Å². The average molecular weight is 816 g/mol. The Bertz CT molecular complexity index is 2800. The fourth-order valence-electron chi connectivity index (χ4n) is 8.74. The van der Waals surface area contributed by atoms with Gasteiger partial charge in [0.25, 0.3) is 11.8 Å². The van der Waals surface area contributed by atoms with Crippen LogP contribution in [0.15, 0.2) is 91.5 Å². The summed E-state index contributed by atoms with van der Waals surface area (Å²) in [4.78, 5) is 66.6. The zero-order chi connectivity index (χ0) is 41.6. The number of rotatable bonds is 9. The highest BCUT2D eigenvalue weighted by Gasteiger charge is 2.44. The van der Waals surface area contributed by atoms with E-state index in [2.05, 4.69) is 72.9 Å². The van der Waals surface area contributed by atoms with E-state index in [1.54, 1.807) is 12.3 Å². The number of carbonyl (C=O) groups excluding carboxylic acids is 4. The van der Waals surface area contributed by atoms with Crippen LogP contribution < -0.4 is 19.7 Å². The number of carbonyl (C=O) groups is 4. The Kier molecular flexibility index (Phi) is 9.88. The molecule has 4 amide bonds. The normalized spacial score (nSPS) is 20.3. The Labute approximate surface area is 350 Å². The lowest BCUT2D eigenvalue weighted by Crippen LogP contribution is -2.54. The number of piperidine rings is 2. The molecule has 61 heavy (non-hydrogen) atoms. The Hall–Kier alpha value is -7.11. The van der Waals surface area contributed by atoms with Gasteiger partial charge >= 0.3 is 0 Å². The molecule has 306 valence electrons. The second kappa shape index (κ2) is 15.8. The molecule has 1 aliphatic carbocycles. The highest BCUT2D eigenvalue weighted by molar-refractivity contribution is 6.23. The maximum atomic E-state index is 13.1. The van der Waals surface area contributed by atoms with Gasteiger partial charge < -0.3 is 23.7 Å². The Morgan fingerprint density at radius 2 is 1.61 bits per heavy atom. The van der Waals surface area contributed by atoms with Crippen LogP contribution in [0.5, 0.6) is 11.6 Å². The molecule has 14 heteroatoms. The van der Waals surface area contributed by atoms with E-state index in [1.807, 2.05) is 42.9 Å². The van der Waals surface area contributed by atoms with E-state index in [0.29, 0.717) is 17.3 Å². The molecule has 1 saturated carbocycles. The van der Waals surface area contributed by atoms with Crippen LogP contribution in [0.3, 0.4) is 0 Å². The Balaban J connectivity index is 0.666. The smallest absolute Gasteiger partial charge is 0.262 e. The molecule has 6 aromatic rings. The van der Waals surface area contributed by atoms with Gasteiger partial charge in [0.2, 0.25) is 17.7 Å². The number of amides is 4. The van der Waals surface area contributed by atoms with Crippen LogP contribution in [0.1, 0.15) is 64.9 Å². The van der Waals surface area contributed by atoms with Crippen molar-refractivity contribution in [2.75, 3.05) is 24.6 Å². The summed E-state index contributed by atoms with van der Waals surface area (Å²) in [6.07, 6.45) is 11.5. The van der Waals surface area contributed by atoms with Crippen LogP contribution in [0.4, 0.5) is 5.69 Å². The summed E-state index contributed by atoms with van der Waals surface area (Å²) in [7, 11) is 2.08. The zero-order valence-electron chi connectivity index (χ0n) is 33.4. The number of nitrogens with zero attached hydrogens (tertiary/aromatic N) is 6. The van der Waals surface area contributed by atoms with E-state index in [4.69, 9.17) is 14.2 Å². The van der Waals surface area contributed by atoms with E-state index in [9.17, 15) is 19.2 Å². The molecule has 0 radical (unpaired) electrons. The van der Waals surface area contributed by atoms with Gasteiger partial charge in [-0.2, -0.15) is 0 Å². The van der Waals surface area contributed by atoms with Gasteiger partial charge in [0.1, 0.15) is 30.2 Å². The van der Waals surface area contributed by atoms with Crippen LogP contribution in [0, 0.1) is 11.8 Å². The van der Waals surface area contributed by atoms with E-state index in [-0.39, 0.29) is 48.9 Å². The highest BCUT2D eigenvalue weighted by Crippen LogP contribution is 2.34. The maximum absolute atomic E-state index is 13.1. The standard InChI is InChI=1S/C47H41N7O7/c1-52-40-13-16-48-27-39(40)36-7-4-28(21-42(36)52)29-5-11-44(50-26-29)61-35-23-34(24-35)60-32-14-18-53(19-15-32)31-12-17-49-30(22-31)3-2-20-59-33-6-8-37-38(25-33)47(58)54(46(37)57)41-9-10-43(55)51-45(41)56/h4-8,11-13,16-17,21-22,25-27,32,34-35,41H,9-10,14-15,18-20,23-24H2,1H3,(H,51,55,56). The zero-order valence-corrected chi connectivity index (χ0v) is 33.4. The fraction of sp³-hybridized carbons (Fsp3) is 0.298. The number of anilines is 1. The third kappa shape index (κ3) is 7.42. The number of imide groups is 2. The van der Waals surface area contributed by atoms with Crippen molar-refractivity contribution in [2.45, 2.75) is 62.9 Å². The van der Waals surface area contributed by atoms with Crippen molar-refractivity contribution in [3.63, 3.8) is 0 Å². The van der Waals surface area contributed by atoms with E-state index < -0.39 is 29.7 Å². The summed E-state index contributed by atoms with van der Waals surface area (Å²) in [5.41, 5.74) is 6.45. The van der Waals surface area contributed by atoms with Gasteiger partial charge in [0.05, 0.1) is 28.9 Å². The first-order valence-corrected chi connectivity index (χ1v) is 20.5. The lowest BCUT2D eigenvalue weighted by Gasteiger charge is -2.40. The number of nitrogens with one attached hydrogen (secondary N) is 1. The molecule has 3 aliphatic heterocycles. The molecule has 4 aromatic heterocycles. The van der Waals surface area contributed by atoms with Crippen LogP contribution in [-0.4, -0.2) is 92.1 Å². The molecular weight excluding hydrogens is 775 g/mol. The Morgan fingerprint density at radius 1 is 0.770 bits per heavy atom. The quantitative estimate of drug-likeness (QED) is 0.143. The van der Waals surface area contributed by atoms with Gasteiger partial charge in [0, 0.05) is 97.8 Å². The SMILES string of the molecule is Cn1c2ccncc2c2ccc(-c3ccc(OC4CC(OC5CCN(c6ccnc(C#CCOc7ccc8c(c7)C(=O)N(C7CCC(=O)NC7=O)C8=O)c6)CC5)C4)nc3)cc21. The molecule has 4 aliphatic rings. The summed E-state index contributed by atoms with van der Waals surface area (Å²) < 4.78 is 20.7. The highest BCUT2D eigenvalue weighted by atomic mass is 16.5. The third-order valence-corrected chi connectivity index (χ3v) is 12.1. The van der Waals surface area contributed by atoms with Gasteiger partial charge in [-0.3, -0.25) is 34.4 Å². The van der Waals surface area contributed by atoms with Crippen LogP contribution in [0.2, 0.25) is 0 Å². The van der Waals surface area contributed by atoms with E-state index >= 15 is 0 Å². The number of pyridine rings is 3. The first kappa shape index (κ1) is 38.1. The summed E-state index contributed by atoms with van der Waals surface area (Å²) >= 11 is 0. The molecule has 14 nitrogen and oxygen atoms in total. The average Bonchev–Trinajstić information content (AvgIpc) is 3.69. The number of aromatic nitrogens is 4. The summed E-state index contributed by atoms with van der Waals surface area (Å²) in [6.45, 7) is 1.75. The van der Waals surface area contributed by atoms with E-state index in [1.165, 1.54) is 17.5 Å². The van der Waals surface area contributed by atoms with Gasteiger partial charge in [-0.05, 0) is 79.3 Å². The third-order valence-electron chi connectivity index (χ3n) is 12.1. The van der Waals surface area contributed by atoms with Crippen LogP contribution >= 0.6 is 0 Å². The summed E-state index contributed by atoms with van der Waals surface area (Å²) in [5.74, 6) is 4.80. The minimum atomic E-state index is -1.02. The topological polar surface area (TPSA) is 158 Å². The van der Waals surface area contributed by atoms with Crippen molar-refractivity contribution < 1.29 is 33.4 Å². The molecule has 3 fully saturated rings. The number of fused-ring (bicyclic) bond motifs is 4. The second-order valence-corrected chi connectivity index (χ2v) is 15.9. The lowest BCUT2D eigenvalue weighted by molar-refractivity contribution is -0.136. The van der Waals surface area contributed by atoms with Gasteiger partial charge in [-0.1, -0.05) is 18.1 Å². The van der Waals surface area contributed by atoms with Crippen LogP contribution in [-0.2, 0) is 21.4 Å². The lowest BCUT2D eigenvalue weighted by atomic mass is 9.91. The van der Waals surface area contributed by atoms with Gasteiger partial charge in [-0.25, -0.2) is 9.97 Å². The van der Waals surface area contributed by atoms with Crippen molar-refractivity contribution in [3.05, 3.63) is 108 Å². The fourth-order valence-corrected chi connectivity index (χ4v) is 8.74. The molecule has 1 atom stereocenters. The molecule has 0 spiro atoms. The second-order valence-electron chi connectivity index (χ2n) is 15.9. The number of hydrogen-bond acceptors (Lipinski definition) is 11. The number of benzene rings is 2. The number of hydrogen-bond donors (Lipinski definition) is 1. The molecule has 1 unspecified atom stereocenters. The predicted molar refractivity (Wildman–Crippen MR) is 225 cm³/mol. The summed E-state index contributed by atoms with van der Waals surface area (Å²) in [5, 5.41) is 4.54. The van der Waals surface area contributed by atoms with Crippen molar-refractivity contribution in [1.29, 1.82) is 0 Å².